The average molecular weight is 583 g/mol. The van der Waals surface area contributed by atoms with Gasteiger partial charge in [0.05, 0.1) is 16.4 Å². The molecule has 1 saturated heterocycles. The van der Waals surface area contributed by atoms with Crippen molar-refractivity contribution in [2.45, 2.75) is 45.3 Å². The molecule has 10 heteroatoms. The molecule has 4 N–H and O–H groups in total. The van der Waals surface area contributed by atoms with E-state index in [1.165, 1.54) is 16.9 Å². The Hall–Kier alpha value is -2.29. The van der Waals surface area contributed by atoms with E-state index < -0.39 is 18.0 Å². The van der Waals surface area contributed by atoms with Gasteiger partial charge in [-0.1, -0.05) is 47.5 Å². The zero-order valence-corrected chi connectivity index (χ0v) is 23.7. The van der Waals surface area contributed by atoms with Crippen molar-refractivity contribution < 1.29 is 14.7 Å². The van der Waals surface area contributed by atoms with Crippen molar-refractivity contribution in [2.24, 2.45) is 11.7 Å². The van der Waals surface area contributed by atoms with E-state index in [9.17, 15) is 14.7 Å². The Kier molecular flexibility index (Phi) is 9.89. The second-order valence-corrected chi connectivity index (χ2v) is 11.5. The van der Waals surface area contributed by atoms with Crippen LogP contribution in [0.3, 0.4) is 0 Å². The van der Waals surface area contributed by atoms with Crippen molar-refractivity contribution in [3.8, 4) is 16.2 Å². The summed E-state index contributed by atoms with van der Waals surface area (Å²) in [6, 6.07) is 14.3. The average Bonchev–Trinajstić information content (AvgIpc) is 3.46. The zero-order valence-electron chi connectivity index (χ0n) is 20.5. The second-order valence-electron chi connectivity index (χ2n) is 9.31. The highest BCUT2D eigenvalue weighted by Crippen LogP contribution is 2.36. The number of carbonyl (C=O) groups excluding carboxylic acids is 2. The van der Waals surface area contributed by atoms with Gasteiger partial charge in [-0.3, -0.25) is 14.5 Å². The van der Waals surface area contributed by atoms with Gasteiger partial charge in [0.2, 0.25) is 11.8 Å². The number of carbonyl (C=O) groups is 2. The quantitative estimate of drug-likeness (QED) is 0.323. The molecule has 3 aromatic rings. The van der Waals surface area contributed by atoms with E-state index in [1.807, 2.05) is 29.2 Å². The summed E-state index contributed by atoms with van der Waals surface area (Å²) in [5.41, 5.74) is 9.24. The number of halogens is 3. The smallest absolute Gasteiger partial charge is 0.237 e. The Morgan fingerprint density at radius 1 is 1.19 bits per heavy atom. The molecule has 2 unspecified atom stereocenters. The zero-order chi connectivity index (χ0) is 26.0. The monoisotopic (exact) mass is 581 g/mol. The molecule has 37 heavy (non-hydrogen) atoms. The maximum absolute atomic E-state index is 13.0. The number of hydrogen-bond acceptors (Lipinski definition) is 5. The first kappa shape index (κ1) is 29.3. The lowest BCUT2D eigenvalue weighted by Gasteiger charge is -2.28. The first-order valence-corrected chi connectivity index (χ1v) is 13.4. The van der Waals surface area contributed by atoms with Crippen molar-refractivity contribution in [3.05, 3.63) is 74.6 Å². The van der Waals surface area contributed by atoms with Crippen LogP contribution >= 0.6 is 46.9 Å². The Morgan fingerprint density at radius 3 is 2.59 bits per heavy atom. The van der Waals surface area contributed by atoms with Gasteiger partial charge in [0.1, 0.15) is 5.75 Å². The summed E-state index contributed by atoms with van der Waals surface area (Å²) in [4.78, 5) is 28.3. The summed E-state index contributed by atoms with van der Waals surface area (Å²) in [7, 11) is 0. The van der Waals surface area contributed by atoms with E-state index in [0.717, 1.165) is 21.2 Å². The summed E-state index contributed by atoms with van der Waals surface area (Å²) in [6.07, 6.45) is 1.34. The minimum atomic E-state index is -0.568. The van der Waals surface area contributed by atoms with E-state index in [4.69, 9.17) is 28.9 Å². The number of hydrogen-bond donors (Lipinski definition) is 3. The molecule has 0 spiro atoms. The maximum Gasteiger partial charge on any atom is 0.237 e. The minimum absolute atomic E-state index is 0. The SMILES string of the molecule is Cc1cc(Cl)cc(CNC(=O)[C@H](C)N2CC(Cc3ccccc3-c3ccc(Cl)s3)CC2C(N)=O)c1O.Cl. The normalized spacial score (nSPS) is 18.3. The van der Waals surface area contributed by atoms with E-state index in [2.05, 4.69) is 17.4 Å². The first-order chi connectivity index (χ1) is 17.1. The van der Waals surface area contributed by atoms with Gasteiger partial charge in [-0.25, -0.2) is 0 Å². The van der Waals surface area contributed by atoms with Gasteiger partial charge in [-0.05, 0) is 73.6 Å². The topological polar surface area (TPSA) is 95.7 Å². The molecule has 6 nitrogen and oxygen atoms in total. The number of aromatic hydroxyl groups is 1. The summed E-state index contributed by atoms with van der Waals surface area (Å²) in [5.74, 6) is -0.408. The van der Waals surface area contributed by atoms with Crippen LogP contribution < -0.4 is 11.1 Å². The van der Waals surface area contributed by atoms with E-state index in [-0.39, 0.29) is 36.5 Å². The van der Waals surface area contributed by atoms with Crippen LogP contribution in [-0.4, -0.2) is 40.4 Å². The van der Waals surface area contributed by atoms with Gasteiger partial charge in [0.15, 0.2) is 0 Å². The van der Waals surface area contributed by atoms with Crippen LogP contribution in [0, 0.1) is 12.8 Å². The van der Waals surface area contributed by atoms with Crippen molar-refractivity contribution >= 4 is 58.8 Å². The van der Waals surface area contributed by atoms with Crippen molar-refractivity contribution in [1.82, 2.24) is 10.2 Å². The molecule has 0 saturated carbocycles. The third-order valence-electron chi connectivity index (χ3n) is 6.79. The van der Waals surface area contributed by atoms with Crippen LogP contribution in [-0.2, 0) is 22.6 Å². The summed E-state index contributed by atoms with van der Waals surface area (Å²) in [5, 5.41) is 13.6. The fraction of sp³-hybridized carbons (Fsp3) is 0.333. The molecular formula is C27H30Cl3N3O3S. The van der Waals surface area contributed by atoms with Gasteiger partial charge < -0.3 is 16.2 Å². The Bertz CT molecular complexity index is 1280. The number of likely N-dealkylation sites (tertiary alicyclic amines) is 1. The maximum atomic E-state index is 13.0. The van der Waals surface area contributed by atoms with Gasteiger partial charge in [0, 0.05) is 28.6 Å². The molecule has 2 amide bonds. The van der Waals surface area contributed by atoms with Gasteiger partial charge >= 0.3 is 0 Å². The van der Waals surface area contributed by atoms with Gasteiger partial charge in [0.25, 0.3) is 0 Å². The fourth-order valence-corrected chi connectivity index (χ4v) is 6.33. The number of nitrogens with two attached hydrogens (primary N) is 1. The number of primary amides is 1. The number of phenols is 1. The molecule has 2 aromatic carbocycles. The molecule has 0 aliphatic carbocycles. The van der Waals surface area contributed by atoms with E-state index in [1.54, 1.807) is 26.0 Å². The lowest BCUT2D eigenvalue weighted by molar-refractivity contribution is -0.129. The largest absolute Gasteiger partial charge is 0.507 e. The molecule has 0 bridgehead atoms. The van der Waals surface area contributed by atoms with Crippen LogP contribution in [0.15, 0.2) is 48.5 Å². The molecule has 1 aliphatic heterocycles. The van der Waals surface area contributed by atoms with Crippen LogP contribution in [0.1, 0.15) is 30.0 Å². The lowest BCUT2D eigenvalue weighted by atomic mass is 9.93. The molecule has 4 rings (SSSR count). The van der Waals surface area contributed by atoms with E-state index in [0.29, 0.717) is 29.1 Å². The highest BCUT2D eigenvalue weighted by atomic mass is 35.5. The van der Waals surface area contributed by atoms with Crippen LogP contribution in [0.2, 0.25) is 9.36 Å². The highest BCUT2D eigenvalue weighted by Gasteiger charge is 2.40. The highest BCUT2D eigenvalue weighted by molar-refractivity contribution is 7.19. The number of nitrogens with one attached hydrogen (secondary N) is 1. The molecule has 0 radical (unpaired) electrons. The summed E-state index contributed by atoms with van der Waals surface area (Å²) < 4.78 is 0.738. The Balaban J connectivity index is 0.00000380. The van der Waals surface area contributed by atoms with Gasteiger partial charge in [-0.15, -0.1) is 23.7 Å². The van der Waals surface area contributed by atoms with Crippen LogP contribution in [0.4, 0.5) is 0 Å². The number of rotatable bonds is 8. The predicted molar refractivity (Wildman–Crippen MR) is 153 cm³/mol. The minimum Gasteiger partial charge on any atom is -0.507 e. The van der Waals surface area contributed by atoms with Crippen LogP contribution in [0.5, 0.6) is 5.75 Å². The van der Waals surface area contributed by atoms with E-state index >= 15 is 0 Å². The number of amides is 2. The lowest BCUT2D eigenvalue weighted by Crippen LogP contribution is -2.51. The van der Waals surface area contributed by atoms with Crippen molar-refractivity contribution in [3.63, 3.8) is 0 Å². The number of nitrogens with zero attached hydrogens (tertiary/aromatic N) is 1. The summed E-state index contributed by atoms with van der Waals surface area (Å²) in [6.45, 7) is 4.23. The van der Waals surface area contributed by atoms with Crippen LogP contribution in [0.25, 0.3) is 10.4 Å². The molecule has 1 aliphatic rings. The standard InChI is InChI=1S/C27H29Cl2N3O3S.ClH/c1-15-9-20(28)12-19(25(15)33)13-31-27(35)16(2)32-14-17(11-22(32)26(30)34)10-18-5-3-4-6-21(18)23-7-8-24(29)36-23;/h3-9,12,16-17,22,33H,10-11,13-14H2,1-2H3,(H2,30,34)(H,31,35);1H/t16-,17?,22?;/m0./s1. The predicted octanol–water partition coefficient (Wildman–Crippen LogP) is 5.58. The number of thiophene rings is 1. The molecule has 2 heterocycles. The molecule has 198 valence electrons. The first-order valence-electron chi connectivity index (χ1n) is 11.8. The second kappa shape index (κ2) is 12.5. The molecular weight excluding hydrogens is 553 g/mol. The fourth-order valence-electron chi connectivity index (χ4n) is 4.94. The molecule has 1 aromatic heterocycles. The number of benzene rings is 2. The third-order valence-corrected chi connectivity index (χ3v) is 8.28. The van der Waals surface area contributed by atoms with Gasteiger partial charge in [-0.2, -0.15) is 0 Å². The molecule has 1 fully saturated rings. The molecule has 3 atom stereocenters. The Morgan fingerprint density at radius 2 is 1.92 bits per heavy atom. The summed E-state index contributed by atoms with van der Waals surface area (Å²) >= 11 is 13.8. The number of phenolic OH excluding ortho intramolecular Hbond substituents is 1. The van der Waals surface area contributed by atoms with Crippen molar-refractivity contribution in [1.29, 1.82) is 0 Å². The van der Waals surface area contributed by atoms with Crippen molar-refractivity contribution in [2.75, 3.05) is 6.54 Å². The third kappa shape index (κ3) is 6.78. The number of aryl methyl sites for hydroxylation is 1. The Labute approximate surface area is 237 Å².